The molecule has 0 spiro atoms. The third-order valence-corrected chi connectivity index (χ3v) is 4.12. The lowest BCUT2D eigenvalue weighted by Gasteiger charge is -2.26. The summed E-state index contributed by atoms with van der Waals surface area (Å²) in [6, 6.07) is 0.946. The van der Waals surface area contributed by atoms with Gasteiger partial charge in [0, 0.05) is 12.6 Å². The minimum atomic E-state index is 0.826. The van der Waals surface area contributed by atoms with Crippen molar-refractivity contribution in [3.63, 3.8) is 0 Å². The molecule has 0 radical (unpaired) electrons. The molecule has 1 aliphatic carbocycles. The lowest BCUT2D eigenvalue weighted by molar-refractivity contribution is 0.220. The van der Waals surface area contributed by atoms with Crippen LogP contribution in [0.4, 0.5) is 0 Å². The molecule has 1 saturated carbocycles. The lowest BCUT2D eigenvalue weighted by atomic mass is 9.94. The van der Waals surface area contributed by atoms with E-state index < -0.39 is 0 Å². The average Bonchev–Trinajstić information content (AvgIpc) is 3.12. The van der Waals surface area contributed by atoms with Gasteiger partial charge in [0.15, 0.2) is 0 Å². The van der Waals surface area contributed by atoms with Gasteiger partial charge in [0.05, 0.1) is 0 Å². The van der Waals surface area contributed by atoms with Crippen molar-refractivity contribution in [3.05, 3.63) is 0 Å². The Balaban J connectivity index is 1.61. The molecular weight excluding hydrogens is 208 g/mol. The fourth-order valence-electron chi connectivity index (χ4n) is 3.09. The molecular formula is C15H30N2. The number of nitrogens with one attached hydrogen (secondary N) is 1. The van der Waals surface area contributed by atoms with E-state index in [0.717, 1.165) is 17.9 Å². The molecule has 2 aliphatic rings. The lowest BCUT2D eigenvalue weighted by Crippen LogP contribution is -2.33. The van der Waals surface area contributed by atoms with E-state index in [1.54, 1.807) is 0 Å². The molecule has 2 heteroatoms. The van der Waals surface area contributed by atoms with E-state index in [0.29, 0.717) is 0 Å². The van der Waals surface area contributed by atoms with Crippen molar-refractivity contribution in [2.45, 2.75) is 58.4 Å². The second-order valence-electron chi connectivity index (χ2n) is 6.47. The maximum Gasteiger partial charge on any atom is 0.00965 e. The SMILES string of the molecule is CC(C)CN(CCCC1CCCNC1)C1CC1. The topological polar surface area (TPSA) is 15.3 Å². The largest absolute Gasteiger partial charge is 0.316 e. The molecule has 2 nitrogen and oxygen atoms in total. The summed E-state index contributed by atoms with van der Waals surface area (Å²) < 4.78 is 0. The van der Waals surface area contributed by atoms with Crippen molar-refractivity contribution in [3.8, 4) is 0 Å². The van der Waals surface area contributed by atoms with Gasteiger partial charge >= 0.3 is 0 Å². The fourth-order valence-corrected chi connectivity index (χ4v) is 3.09. The molecule has 0 aromatic carbocycles. The Bertz CT molecular complexity index is 205. The summed E-state index contributed by atoms with van der Waals surface area (Å²) in [6.07, 6.45) is 8.61. The molecule has 1 saturated heterocycles. The predicted molar refractivity (Wildman–Crippen MR) is 74.3 cm³/mol. The third kappa shape index (κ3) is 4.97. The van der Waals surface area contributed by atoms with Crippen LogP contribution in [0.25, 0.3) is 0 Å². The highest BCUT2D eigenvalue weighted by Crippen LogP contribution is 2.28. The molecule has 0 amide bonds. The van der Waals surface area contributed by atoms with Gasteiger partial charge in [-0.05, 0) is 70.0 Å². The number of rotatable bonds is 7. The van der Waals surface area contributed by atoms with Crippen LogP contribution in [0.15, 0.2) is 0 Å². The maximum absolute atomic E-state index is 3.53. The molecule has 1 N–H and O–H groups in total. The smallest absolute Gasteiger partial charge is 0.00965 e. The number of hydrogen-bond acceptors (Lipinski definition) is 2. The first-order chi connectivity index (χ1) is 8.25. The highest BCUT2D eigenvalue weighted by Gasteiger charge is 2.28. The van der Waals surface area contributed by atoms with E-state index in [-0.39, 0.29) is 0 Å². The predicted octanol–water partition coefficient (Wildman–Crippen LogP) is 2.89. The molecule has 1 atom stereocenters. The van der Waals surface area contributed by atoms with Gasteiger partial charge in [-0.2, -0.15) is 0 Å². The molecule has 0 aromatic rings. The van der Waals surface area contributed by atoms with Crippen LogP contribution >= 0.6 is 0 Å². The molecule has 0 aromatic heterocycles. The van der Waals surface area contributed by atoms with Crippen LogP contribution in [0, 0.1) is 11.8 Å². The first-order valence-electron chi connectivity index (χ1n) is 7.70. The maximum atomic E-state index is 3.53. The molecule has 2 fully saturated rings. The Kier molecular flexibility index (Phi) is 5.30. The van der Waals surface area contributed by atoms with E-state index in [2.05, 4.69) is 24.1 Å². The summed E-state index contributed by atoms with van der Waals surface area (Å²) in [5, 5.41) is 3.53. The van der Waals surface area contributed by atoms with E-state index in [1.807, 2.05) is 0 Å². The number of hydrogen-bond donors (Lipinski definition) is 1. The van der Waals surface area contributed by atoms with Gasteiger partial charge < -0.3 is 10.2 Å². The highest BCUT2D eigenvalue weighted by molar-refractivity contribution is 4.85. The van der Waals surface area contributed by atoms with Gasteiger partial charge in [0.1, 0.15) is 0 Å². The van der Waals surface area contributed by atoms with E-state index in [4.69, 9.17) is 0 Å². The number of piperidine rings is 1. The first-order valence-corrected chi connectivity index (χ1v) is 7.70. The monoisotopic (exact) mass is 238 g/mol. The average molecular weight is 238 g/mol. The highest BCUT2D eigenvalue weighted by atomic mass is 15.2. The quantitative estimate of drug-likeness (QED) is 0.733. The molecule has 1 unspecified atom stereocenters. The molecule has 0 bridgehead atoms. The van der Waals surface area contributed by atoms with Gasteiger partial charge in [-0.1, -0.05) is 13.8 Å². The van der Waals surface area contributed by atoms with E-state index in [9.17, 15) is 0 Å². The van der Waals surface area contributed by atoms with E-state index >= 15 is 0 Å². The van der Waals surface area contributed by atoms with Crippen LogP contribution in [-0.2, 0) is 0 Å². The summed E-state index contributed by atoms with van der Waals surface area (Å²) in [4.78, 5) is 2.75. The minimum Gasteiger partial charge on any atom is -0.316 e. The fraction of sp³-hybridized carbons (Fsp3) is 1.00. The minimum absolute atomic E-state index is 0.826. The summed E-state index contributed by atoms with van der Waals surface area (Å²) in [6.45, 7) is 9.87. The molecule has 1 heterocycles. The standard InChI is InChI=1S/C15H30N2/c1-13(2)12-17(15-7-8-15)10-4-6-14-5-3-9-16-11-14/h13-16H,3-12H2,1-2H3. The van der Waals surface area contributed by atoms with Crippen LogP contribution < -0.4 is 5.32 Å². The Hall–Kier alpha value is -0.0800. The van der Waals surface area contributed by atoms with Crippen LogP contribution in [0.1, 0.15) is 52.4 Å². The van der Waals surface area contributed by atoms with Gasteiger partial charge in [0.2, 0.25) is 0 Å². The van der Waals surface area contributed by atoms with E-state index in [1.165, 1.54) is 64.7 Å². The molecule has 100 valence electrons. The summed E-state index contributed by atoms with van der Waals surface area (Å²) in [5.74, 6) is 1.79. The summed E-state index contributed by atoms with van der Waals surface area (Å²) in [5.41, 5.74) is 0. The molecule has 2 rings (SSSR count). The first kappa shape index (κ1) is 13.4. The second kappa shape index (κ2) is 6.75. The Morgan fingerprint density at radius 2 is 2.06 bits per heavy atom. The zero-order valence-corrected chi connectivity index (χ0v) is 11.8. The number of nitrogens with zero attached hydrogens (tertiary/aromatic N) is 1. The zero-order chi connectivity index (χ0) is 12.1. The van der Waals surface area contributed by atoms with Crippen LogP contribution in [0.3, 0.4) is 0 Å². The Labute approximate surface area is 107 Å². The van der Waals surface area contributed by atoms with Crippen LogP contribution in [0.5, 0.6) is 0 Å². The van der Waals surface area contributed by atoms with Crippen molar-refractivity contribution in [1.82, 2.24) is 10.2 Å². The molecule has 17 heavy (non-hydrogen) atoms. The van der Waals surface area contributed by atoms with Gasteiger partial charge in [-0.3, -0.25) is 0 Å². The second-order valence-corrected chi connectivity index (χ2v) is 6.47. The van der Waals surface area contributed by atoms with Crippen molar-refractivity contribution >= 4 is 0 Å². The van der Waals surface area contributed by atoms with Crippen molar-refractivity contribution < 1.29 is 0 Å². The summed E-state index contributed by atoms with van der Waals surface area (Å²) in [7, 11) is 0. The van der Waals surface area contributed by atoms with Crippen LogP contribution in [-0.4, -0.2) is 37.1 Å². The Morgan fingerprint density at radius 1 is 1.24 bits per heavy atom. The normalized spacial score (nSPS) is 25.8. The van der Waals surface area contributed by atoms with Gasteiger partial charge in [-0.25, -0.2) is 0 Å². The van der Waals surface area contributed by atoms with Crippen molar-refractivity contribution in [1.29, 1.82) is 0 Å². The van der Waals surface area contributed by atoms with Crippen molar-refractivity contribution in [2.24, 2.45) is 11.8 Å². The van der Waals surface area contributed by atoms with Gasteiger partial charge in [0.25, 0.3) is 0 Å². The Morgan fingerprint density at radius 3 is 2.65 bits per heavy atom. The zero-order valence-electron chi connectivity index (χ0n) is 11.8. The van der Waals surface area contributed by atoms with Crippen LogP contribution in [0.2, 0.25) is 0 Å². The summed E-state index contributed by atoms with van der Waals surface area (Å²) >= 11 is 0. The molecule has 1 aliphatic heterocycles. The van der Waals surface area contributed by atoms with Crippen molar-refractivity contribution in [2.75, 3.05) is 26.2 Å². The third-order valence-electron chi connectivity index (χ3n) is 4.12. The van der Waals surface area contributed by atoms with Gasteiger partial charge in [-0.15, -0.1) is 0 Å².